The molecule has 2 rings (SSSR count). The molecule has 0 spiro atoms. The van der Waals surface area contributed by atoms with E-state index in [0.29, 0.717) is 12.2 Å². The Morgan fingerprint density at radius 3 is 2.23 bits per heavy atom. The first-order valence-electron chi connectivity index (χ1n) is 7.28. The number of hydrogen-bond acceptors (Lipinski definition) is 2. The van der Waals surface area contributed by atoms with Crippen molar-refractivity contribution in [2.75, 3.05) is 18.1 Å². The van der Waals surface area contributed by atoms with Crippen molar-refractivity contribution in [3.63, 3.8) is 0 Å². The number of carbonyl (C=O) groups is 1. The van der Waals surface area contributed by atoms with Gasteiger partial charge in [-0.15, -0.1) is 0 Å². The number of hydrogen-bond donors (Lipinski definition) is 0. The van der Waals surface area contributed by atoms with E-state index >= 15 is 0 Å². The zero-order chi connectivity index (χ0) is 16.1. The van der Waals surface area contributed by atoms with E-state index < -0.39 is 0 Å². The average Bonchev–Trinajstić information content (AvgIpc) is 2.49. The van der Waals surface area contributed by atoms with Crippen molar-refractivity contribution in [3.8, 4) is 5.75 Å². The number of aryl methyl sites for hydroxylation is 2. The summed E-state index contributed by atoms with van der Waals surface area (Å²) in [5.41, 5.74) is 2.66. The normalized spacial score (nSPS) is 10.4. The van der Waals surface area contributed by atoms with Gasteiger partial charge in [-0.1, -0.05) is 18.2 Å². The number of likely N-dealkylation sites (N-methyl/N-ethyl adjacent to an activating group) is 1. The molecular weight excluding hydrogens is 281 g/mol. The molecule has 0 fully saturated rings. The summed E-state index contributed by atoms with van der Waals surface area (Å²) in [6, 6.07) is 11.7. The van der Waals surface area contributed by atoms with Crippen LogP contribution in [0, 0.1) is 19.7 Å². The third kappa shape index (κ3) is 3.64. The van der Waals surface area contributed by atoms with Crippen molar-refractivity contribution in [2.45, 2.75) is 20.8 Å². The van der Waals surface area contributed by atoms with E-state index in [4.69, 9.17) is 4.74 Å². The Bertz CT molecular complexity index is 632. The smallest absolute Gasteiger partial charge is 0.264 e. The highest BCUT2D eigenvalue weighted by Gasteiger charge is 2.15. The lowest BCUT2D eigenvalue weighted by atomic mass is 10.1. The van der Waals surface area contributed by atoms with Crippen LogP contribution in [0.4, 0.5) is 10.1 Å². The first-order chi connectivity index (χ1) is 10.5. The molecule has 4 heteroatoms. The van der Waals surface area contributed by atoms with Crippen molar-refractivity contribution in [1.29, 1.82) is 0 Å². The quantitative estimate of drug-likeness (QED) is 0.839. The molecule has 0 saturated heterocycles. The first kappa shape index (κ1) is 16.0. The van der Waals surface area contributed by atoms with E-state index in [9.17, 15) is 9.18 Å². The van der Waals surface area contributed by atoms with Crippen molar-refractivity contribution >= 4 is 11.6 Å². The van der Waals surface area contributed by atoms with Crippen molar-refractivity contribution in [1.82, 2.24) is 0 Å². The summed E-state index contributed by atoms with van der Waals surface area (Å²) >= 11 is 0. The summed E-state index contributed by atoms with van der Waals surface area (Å²) in [5.74, 6) is 0.266. The van der Waals surface area contributed by atoms with Gasteiger partial charge in [0.05, 0.1) is 0 Å². The molecule has 116 valence electrons. The summed E-state index contributed by atoms with van der Waals surface area (Å²) < 4.78 is 18.7. The number of rotatable bonds is 5. The maximum Gasteiger partial charge on any atom is 0.264 e. The average molecular weight is 301 g/mol. The zero-order valence-electron chi connectivity index (χ0n) is 13.1. The largest absolute Gasteiger partial charge is 0.483 e. The predicted octanol–water partition coefficient (Wildman–Crippen LogP) is 3.87. The highest BCUT2D eigenvalue weighted by molar-refractivity contribution is 5.94. The predicted molar refractivity (Wildman–Crippen MR) is 85.8 cm³/mol. The van der Waals surface area contributed by atoms with Crippen LogP contribution in [0.5, 0.6) is 5.75 Å². The number of anilines is 1. The highest BCUT2D eigenvalue weighted by Crippen LogP contribution is 2.22. The van der Waals surface area contributed by atoms with Gasteiger partial charge in [0.25, 0.3) is 5.91 Å². The monoisotopic (exact) mass is 301 g/mol. The van der Waals surface area contributed by atoms with Crippen molar-refractivity contribution in [2.24, 2.45) is 0 Å². The summed E-state index contributed by atoms with van der Waals surface area (Å²) in [5, 5.41) is 0. The molecule has 0 aromatic heterocycles. The van der Waals surface area contributed by atoms with Gasteiger partial charge in [-0.05, 0) is 56.2 Å². The summed E-state index contributed by atoms with van der Waals surface area (Å²) in [4.78, 5) is 13.9. The molecule has 0 atom stereocenters. The van der Waals surface area contributed by atoms with E-state index in [0.717, 1.165) is 16.9 Å². The van der Waals surface area contributed by atoms with Crippen molar-refractivity contribution < 1.29 is 13.9 Å². The molecule has 0 aliphatic heterocycles. The Hall–Kier alpha value is -2.36. The molecule has 1 amide bonds. The van der Waals surface area contributed by atoms with Gasteiger partial charge in [-0.25, -0.2) is 4.39 Å². The third-order valence-corrected chi connectivity index (χ3v) is 3.50. The van der Waals surface area contributed by atoms with Crippen LogP contribution in [0.1, 0.15) is 18.1 Å². The van der Waals surface area contributed by atoms with Gasteiger partial charge in [0.15, 0.2) is 6.61 Å². The Balaban J connectivity index is 2.08. The van der Waals surface area contributed by atoms with Gasteiger partial charge in [0, 0.05) is 12.2 Å². The molecule has 0 radical (unpaired) electrons. The Labute approximate surface area is 130 Å². The summed E-state index contributed by atoms with van der Waals surface area (Å²) in [6.45, 7) is 6.23. The molecule has 2 aromatic carbocycles. The second-order valence-electron chi connectivity index (χ2n) is 5.12. The standard InChI is InChI=1S/C18H20FNO2/c1-4-20(16-10-8-15(19)9-11-16)17(21)12-22-18-13(2)6-5-7-14(18)3/h5-11H,4,12H2,1-3H3. The summed E-state index contributed by atoms with van der Waals surface area (Å²) in [7, 11) is 0. The number of nitrogens with zero attached hydrogens (tertiary/aromatic N) is 1. The molecule has 3 nitrogen and oxygen atoms in total. The van der Waals surface area contributed by atoms with E-state index in [1.54, 1.807) is 17.0 Å². The van der Waals surface area contributed by atoms with Gasteiger partial charge in [-0.3, -0.25) is 4.79 Å². The molecule has 22 heavy (non-hydrogen) atoms. The molecule has 0 heterocycles. The van der Waals surface area contributed by atoms with Gasteiger partial charge < -0.3 is 9.64 Å². The van der Waals surface area contributed by atoms with Gasteiger partial charge in [0.1, 0.15) is 11.6 Å². The maximum absolute atomic E-state index is 13.0. The number of carbonyl (C=O) groups excluding carboxylic acids is 1. The Kier molecular flexibility index (Phi) is 5.15. The SMILES string of the molecule is CCN(C(=O)COc1c(C)cccc1C)c1ccc(F)cc1. The Morgan fingerprint density at radius 1 is 1.09 bits per heavy atom. The minimum absolute atomic E-state index is 0.0447. The number of halogens is 1. The van der Waals surface area contributed by atoms with E-state index in [-0.39, 0.29) is 18.3 Å². The topological polar surface area (TPSA) is 29.5 Å². The van der Waals surface area contributed by atoms with Gasteiger partial charge in [0.2, 0.25) is 0 Å². The number of amides is 1. The van der Waals surface area contributed by atoms with Crippen molar-refractivity contribution in [3.05, 3.63) is 59.4 Å². The molecule has 0 aliphatic carbocycles. The van der Waals surface area contributed by atoms with Crippen LogP contribution in [0.25, 0.3) is 0 Å². The van der Waals surface area contributed by atoms with Crippen LogP contribution in [-0.2, 0) is 4.79 Å². The van der Waals surface area contributed by atoms with Crippen LogP contribution in [0.3, 0.4) is 0 Å². The molecule has 0 saturated carbocycles. The molecular formula is C18H20FNO2. The van der Waals surface area contributed by atoms with Gasteiger partial charge >= 0.3 is 0 Å². The number of ether oxygens (including phenoxy) is 1. The van der Waals surface area contributed by atoms with Crippen LogP contribution < -0.4 is 9.64 Å². The Morgan fingerprint density at radius 2 is 1.68 bits per heavy atom. The van der Waals surface area contributed by atoms with E-state index in [2.05, 4.69) is 0 Å². The first-order valence-corrected chi connectivity index (χ1v) is 7.28. The van der Waals surface area contributed by atoms with E-state index in [1.807, 2.05) is 39.0 Å². The van der Waals surface area contributed by atoms with Crippen LogP contribution in [0.2, 0.25) is 0 Å². The second kappa shape index (κ2) is 7.07. The molecule has 2 aromatic rings. The highest BCUT2D eigenvalue weighted by atomic mass is 19.1. The maximum atomic E-state index is 13.0. The lowest BCUT2D eigenvalue weighted by Crippen LogP contribution is -2.34. The molecule has 0 unspecified atom stereocenters. The van der Waals surface area contributed by atoms with E-state index in [1.165, 1.54) is 12.1 Å². The minimum Gasteiger partial charge on any atom is -0.483 e. The zero-order valence-corrected chi connectivity index (χ0v) is 13.1. The summed E-state index contributed by atoms with van der Waals surface area (Å²) in [6.07, 6.45) is 0. The van der Waals surface area contributed by atoms with Gasteiger partial charge in [-0.2, -0.15) is 0 Å². The lowest BCUT2D eigenvalue weighted by molar-refractivity contribution is -0.120. The van der Waals surface area contributed by atoms with Crippen LogP contribution in [-0.4, -0.2) is 19.1 Å². The fraction of sp³-hybridized carbons (Fsp3) is 0.278. The fourth-order valence-corrected chi connectivity index (χ4v) is 2.36. The van der Waals surface area contributed by atoms with Crippen LogP contribution in [0.15, 0.2) is 42.5 Å². The number of benzene rings is 2. The fourth-order valence-electron chi connectivity index (χ4n) is 2.36. The molecule has 0 bridgehead atoms. The second-order valence-corrected chi connectivity index (χ2v) is 5.12. The number of para-hydroxylation sites is 1. The lowest BCUT2D eigenvalue weighted by Gasteiger charge is -2.21. The molecule has 0 aliphatic rings. The van der Waals surface area contributed by atoms with Crippen LogP contribution >= 0.6 is 0 Å². The molecule has 0 N–H and O–H groups in total. The minimum atomic E-state index is -0.320. The third-order valence-electron chi connectivity index (χ3n) is 3.50.